The quantitative estimate of drug-likeness (QED) is 0.593. The first-order chi connectivity index (χ1) is 12.7. The molecule has 10 heteroatoms. The highest BCUT2D eigenvalue weighted by Crippen LogP contribution is 2.20. The van der Waals surface area contributed by atoms with E-state index in [9.17, 15) is 0 Å². The van der Waals surface area contributed by atoms with Crippen molar-refractivity contribution in [1.82, 2.24) is 15.0 Å². The average Bonchev–Trinajstić information content (AvgIpc) is 2.72. The van der Waals surface area contributed by atoms with Crippen molar-refractivity contribution in [2.24, 2.45) is 0 Å². The number of morpholine rings is 2. The third kappa shape index (κ3) is 4.70. The lowest BCUT2D eigenvalue weighted by Crippen LogP contribution is -2.41. The molecule has 0 bridgehead atoms. The molecule has 0 atom stereocenters. The highest BCUT2D eigenvalue weighted by Gasteiger charge is 2.22. The average molecular weight is 368 g/mol. The van der Waals surface area contributed by atoms with Crippen LogP contribution in [0.2, 0.25) is 0 Å². The third-order valence-corrected chi connectivity index (χ3v) is 4.48. The smallest absolute Gasteiger partial charge is 0.232 e. The van der Waals surface area contributed by atoms with Crippen LogP contribution in [-0.2, 0) is 18.9 Å². The summed E-state index contributed by atoms with van der Waals surface area (Å²) in [6.45, 7) is 6.32. The molecule has 2 aliphatic heterocycles. The molecular weight excluding hydrogens is 340 g/mol. The van der Waals surface area contributed by atoms with E-state index in [1.165, 1.54) is 0 Å². The molecule has 2 aliphatic rings. The highest BCUT2D eigenvalue weighted by atomic mass is 16.7. The molecular formula is C16H28N6O4. The molecule has 0 radical (unpaired) electrons. The van der Waals surface area contributed by atoms with Gasteiger partial charge in [0.25, 0.3) is 0 Å². The van der Waals surface area contributed by atoms with Crippen molar-refractivity contribution in [2.45, 2.75) is 6.29 Å². The zero-order valence-electron chi connectivity index (χ0n) is 15.8. The van der Waals surface area contributed by atoms with Crippen molar-refractivity contribution in [1.29, 1.82) is 0 Å². The molecule has 26 heavy (non-hydrogen) atoms. The van der Waals surface area contributed by atoms with Crippen molar-refractivity contribution in [3.8, 4) is 0 Å². The number of methoxy groups -OCH3 is 2. The van der Waals surface area contributed by atoms with E-state index in [1.54, 1.807) is 14.2 Å². The van der Waals surface area contributed by atoms with Crippen LogP contribution >= 0.6 is 0 Å². The van der Waals surface area contributed by atoms with Gasteiger partial charge < -0.3 is 33.6 Å². The molecule has 3 heterocycles. The minimum atomic E-state index is -0.351. The van der Waals surface area contributed by atoms with Crippen LogP contribution in [0.25, 0.3) is 0 Å². The molecule has 10 nitrogen and oxygen atoms in total. The van der Waals surface area contributed by atoms with Gasteiger partial charge in [-0.15, -0.1) is 0 Å². The normalized spacial score (nSPS) is 18.5. The standard InChI is InChI=1S/C16H28N6O4/c1-20(12-13(23-2)24-3)14-17-15(21-4-8-25-9-5-21)19-16(18-14)22-6-10-26-11-7-22/h13H,4-12H2,1-3H3. The predicted molar refractivity (Wildman–Crippen MR) is 97.0 cm³/mol. The van der Waals surface area contributed by atoms with Crippen LogP contribution in [0, 0.1) is 0 Å². The van der Waals surface area contributed by atoms with E-state index >= 15 is 0 Å². The fourth-order valence-electron chi connectivity index (χ4n) is 2.87. The molecule has 2 fully saturated rings. The van der Waals surface area contributed by atoms with E-state index in [2.05, 4.69) is 19.8 Å². The van der Waals surface area contributed by atoms with Crippen LogP contribution in [0.3, 0.4) is 0 Å². The topological polar surface area (TPSA) is 85.3 Å². The Morgan fingerprint density at radius 3 is 1.77 bits per heavy atom. The summed E-state index contributed by atoms with van der Waals surface area (Å²) in [5.41, 5.74) is 0. The Labute approximate surface area is 154 Å². The van der Waals surface area contributed by atoms with Gasteiger partial charge in [0.15, 0.2) is 6.29 Å². The fraction of sp³-hybridized carbons (Fsp3) is 0.812. The first-order valence-electron chi connectivity index (χ1n) is 8.89. The van der Waals surface area contributed by atoms with Crippen LogP contribution in [0.1, 0.15) is 0 Å². The van der Waals surface area contributed by atoms with Gasteiger partial charge in [0.05, 0.1) is 33.0 Å². The van der Waals surface area contributed by atoms with Crippen molar-refractivity contribution in [2.75, 3.05) is 95.1 Å². The Hall–Kier alpha value is -1.75. The lowest BCUT2D eigenvalue weighted by Gasteiger charge is -2.31. The number of hydrogen-bond acceptors (Lipinski definition) is 10. The predicted octanol–water partition coefficient (Wildman–Crippen LogP) is -0.400. The molecule has 1 aromatic rings. The molecule has 2 saturated heterocycles. The van der Waals surface area contributed by atoms with Gasteiger partial charge in [0, 0.05) is 47.4 Å². The number of anilines is 3. The Balaban J connectivity index is 1.85. The molecule has 0 spiro atoms. The summed E-state index contributed by atoms with van der Waals surface area (Å²) >= 11 is 0. The SMILES string of the molecule is COC(CN(C)c1nc(N2CCOCC2)nc(N2CCOCC2)n1)OC. The minimum Gasteiger partial charge on any atom is -0.378 e. The van der Waals surface area contributed by atoms with E-state index in [0.717, 1.165) is 26.2 Å². The molecule has 1 aromatic heterocycles. The van der Waals surface area contributed by atoms with E-state index in [1.807, 2.05) is 11.9 Å². The van der Waals surface area contributed by atoms with Gasteiger partial charge in [-0.2, -0.15) is 15.0 Å². The van der Waals surface area contributed by atoms with Crippen LogP contribution < -0.4 is 14.7 Å². The molecule has 146 valence electrons. The number of rotatable bonds is 7. The van der Waals surface area contributed by atoms with Crippen LogP contribution in [0.4, 0.5) is 17.8 Å². The van der Waals surface area contributed by atoms with Crippen molar-refractivity contribution in [3.05, 3.63) is 0 Å². The Morgan fingerprint density at radius 1 is 0.885 bits per heavy atom. The molecule has 0 saturated carbocycles. The summed E-state index contributed by atoms with van der Waals surface area (Å²) in [5.74, 6) is 1.96. The lowest BCUT2D eigenvalue weighted by molar-refractivity contribution is -0.0945. The van der Waals surface area contributed by atoms with Gasteiger partial charge in [-0.1, -0.05) is 0 Å². The van der Waals surface area contributed by atoms with Gasteiger partial charge in [0.1, 0.15) is 0 Å². The number of ether oxygens (including phenoxy) is 4. The van der Waals surface area contributed by atoms with Gasteiger partial charge in [-0.3, -0.25) is 0 Å². The van der Waals surface area contributed by atoms with Crippen LogP contribution in [0.5, 0.6) is 0 Å². The summed E-state index contributed by atoms with van der Waals surface area (Å²) in [6.07, 6.45) is -0.351. The number of aromatic nitrogens is 3. The maximum atomic E-state index is 5.44. The van der Waals surface area contributed by atoms with E-state index in [0.29, 0.717) is 50.8 Å². The van der Waals surface area contributed by atoms with Gasteiger partial charge >= 0.3 is 0 Å². The van der Waals surface area contributed by atoms with E-state index in [-0.39, 0.29) is 6.29 Å². The van der Waals surface area contributed by atoms with Crippen molar-refractivity contribution < 1.29 is 18.9 Å². The zero-order chi connectivity index (χ0) is 18.4. The molecule has 0 aromatic carbocycles. The largest absolute Gasteiger partial charge is 0.378 e. The number of hydrogen-bond donors (Lipinski definition) is 0. The Bertz CT molecular complexity index is 525. The summed E-state index contributed by atoms with van der Waals surface area (Å²) in [4.78, 5) is 20.3. The summed E-state index contributed by atoms with van der Waals surface area (Å²) in [7, 11) is 5.16. The molecule has 0 unspecified atom stereocenters. The van der Waals surface area contributed by atoms with Gasteiger partial charge in [-0.25, -0.2) is 0 Å². The first-order valence-corrected chi connectivity index (χ1v) is 8.89. The number of nitrogens with zero attached hydrogens (tertiary/aromatic N) is 6. The zero-order valence-corrected chi connectivity index (χ0v) is 15.8. The molecule has 0 N–H and O–H groups in total. The number of likely N-dealkylation sites (N-methyl/N-ethyl adjacent to an activating group) is 1. The molecule has 0 amide bonds. The molecule has 3 rings (SSSR count). The first kappa shape index (κ1) is 19.0. The summed E-state index contributed by atoms with van der Waals surface area (Å²) in [6, 6.07) is 0. The summed E-state index contributed by atoms with van der Waals surface area (Å²) in [5, 5.41) is 0. The van der Waals surface area contributed by atoms with Crippen molar-refractivity contribution in [3.63, 3.8) is 0 Å². The van der Waals surface area contributed by atoms with E-state index in [4.69, 9.17) is 23.9 Å². The fourth-order valence-corrected chi connectivity index (χ4v) is 2.87. The maximum absolute atomic E-state index is 5.44. The van der Waals surface area contributed by atoms with Crippen LogP contribution in [0.15, 0.2) is 0 Å². The maximum Gasteiger partial charge on any atom is 0.232 e. The van der Waals surface area contributed by atoms with E-state index < -0.39 is 0 Å². The van der Waals surface area contributed by atoms with Crippen LogP contribution in [-0.4, -0.2) is 102 Å². The molecule has 0 aliphatic carbocycles. The monoisotopic (exact) mass is 368 g/mol. The van der Waals surface area contributed by atoms with Gasteiger partial charge in [-0.05, 0) is 0 Å². The second-order valence-corrected chi connectivity index (χ2v) is 6.22. The third-order valence-electron chi connectivity index (χ3n) is 4.48. The minimum absolute atomic E-state index is 0.351. The Morgan fingerprint density at radius 2 is 1.35 bits per heavy atom. The Kier molecular flexibility index (Phi) is 6.78. The highest BCUT2D eigenvalue weighted by molar-refractivity contribution is 5.46. The second-order valence-electron chi connectivity index (χ2n) is 6.22. The van der Waals surface area contributed by atoms with Gasteiger partial charge in [0.2, 0.25) is 17.8 Å². The second kappa shape index (κ2) is 9.26. The van der Waals surface area contributed by atoms with Crippen molar-refractivity contribution >= 4 is 17.8 Å². The summed E-state index contributed by atoms with van der Waals surface area (Å²) < 4.78 is 21.5. The lowest BCUT2D eigenvalue weighted by atomic mass is 10.4.